The predicted octanol–water partition coefficient (Wildman–Crippen LogP) is 1.36. The second-order valence-electron chi connectivity index (χ2n) is 7.47. The molecule has 2 N–H and O–H groups in total. The zero-order valence-corrected chi connectivity index (χ0v) is 17.8. The molecule has 0 bridgehead atoms. The second-order valence-corrected chi connectivity index (χ2v) is 9.49. The van der Waals surface area contributed by atoms with Crippen molar-refractivity contribution in [1.29, 1.82) is 0 Å². The van der Waals surface area contributed by atoms with Crippen LogP contribution in [0.2, 0.25) is 0 Å². The summed E-state index contributed by atoms with van der Waals surface area (Å²) < 4.78 is 36.2. The standard InChI is InChI=1S/C21H22FN3O5S/c1-21(15-5-9-17(10-6-15)31(2,29)30)19(27)25(20(28)24-21)13-18(26)23-12-11-14-3-7-16(22)8-4-14/h3-10H,11-13H2,1-2H3,(H,23,26)(H,24,28). The van der Waals surface area contributed by atoms with E-state index >= 15 is 0 Å². The maximum Gasteiger partial charge on any atom is 0.325 e. The number of nitrogens with one attached hydrogen (secondary N) is 2. The molecule has 3 rings (SSSR count). The van der Waals surface area contributed by atoms with Crippen molar-refractivity contribution < 1.29 is 27.2 Å². The molecule has 0 aliphatic carbocycles. The van der Waals surface area contributed by atoms with Crippen molar-refractivity contribution in [3.8, 4) is 0 Å². The summed E-state index contributed by atoms with van der Waals surface area (Å²) in [5.41, 5.74) is -0.180. The number of halogens is 1. The highest BCUT2D eigenvalue weighted by Crippen LogP contribution is 2.29. The average Bonchev–Trinajstić information content (AvgIpc) is 2.93. The van der Waals surface area contributed by atoms with Gasteiger partial charge in [0, 0.05) is 12.8 Å². The Morgan fingerprint density at radius 1 is 1.10 bits per heavy atom. The molecule has 4 amide bonds. The summed E-state index contributed by atoms with van der Waals surface area (Å²) in [7, 11) is -3.40. The number of hydrogen-bond donors (Lipinski definition) is 2. The Bertz CT molecular complexity index is 1120. The van der Waals surface area contributed by atoms with Crippen LogP contribution in [0.25, 0.3) is 0 Å². The third-order valence-electron chi connectivity index (χ3n) is 5.09. The van der Waals surface area contributed by atoms with Crippen LogP contribution >= 0.6 is 0 Å². The number of imide groups is 1. The molecule has 1 aliphatic heterocycles. The summed E-state index contributed by atoms with van der Waals surface area (Å²) in [5, 5.41) is 5.20. The number of urea groups is 1. The van der Waals surface area contributed by atoms with Gasteiger partial charge in [-0.1, -0.05) is 24.3 Å². The molecule has 8 nitrogen and oxygen atoms in total. The highest BCUT2D eigenvalue weighted by Gasteiger charge is 2.49. The molecule has 2 aromatic carbocycles. The largest absolute Gasteiger partial charge is 0.354 e. The fraction of sp³-hybridized carbons (Fsp3) is 0.286. The van der Waals surface area contributed by atoms with Gasteiger partial charge in [0.1, 0.15) is 17.9 Å². The smallest absolute Gasteiger partial charge is 0.325 e. The maximum atomic E-state index is 12.9. The van der Waals surface area contributed by atoms with Gasteiger partial charge in [-0.25, -0.2) is 17.6 Å². The normalized spacial score (nSPS) is 18.7. The molecule has 1 atom stereocenters. The number of carbonyl (C=O) groups excluding carboxylic acids is 3. The van der Waals surface area contributed by atoms with E-state index in [4.69, 9.17) is 0 Å². The molecule has 164 valence electrons. The maximum absolute atomic E-state index is 12.9. The van der Waals surface area contributed by atoms with Crippen LogP contribution < -0.4 is 10.6 Å². The molecule has 2 aromatic rings. The lowest BCUT2D eigenvalue weighted by molar-refractivity contribution is -0.134. The van der Waals surface area contributed by atoms with Gasteiger partial charge in [0.05, 0.1) is 4.90 Å². The fourth-order valence-electron chi connectivity index (χ4n) is 3.27. The van der Waals surface area contributed by atoms with Crippen LogP contribution in [0.4, 0.5) is 9.18 Å². The van der Waals surface area contributed by atoms with E-state index in [0.717, 1.165) is 16.7 Å². The van der Waals surface area contributed by atoms with Gasteiger partial charge in [0.15, 0.2) is 9.84 Å². The van der Waals surface area contributed by atoms with E-state index in [1.165, 1.54) is 43.3 Å². The van der Waals surface area contributed by atoms with Crippen molar-refractivity contribution in [1.82, 2.24) is 15.5 Å². The minimum absolute atomic E-state index is 0.0917. The number of sulfone groups is 1. The van der Waals surface area contributed by atoms with E-state index in [0.29, 0.717) is 12.0 Å². The van der Waals surface area contributed by atoms with Gasteiger partial charge in [-0.2, -0.15) is 0 Å². The average molecular weight is 447 g/mol. The molecule has 1 unspecified atom stereocenters. The number of hydrogen-bond acceptors (Lipinski definition) is 5. The molecule has 0 radical (unpaired) electrons. The highest BCUT2D eigenvalue weighted by molar-refractivity contribution is 7.90. The van der Waals surface area contributed by atoms with Crippen LogP contribution in [0.5, 0.6) is 0 Å². The Hall–Kier alpha value is -3.27. The molecule has 1 aliphatic rings. The minimum Gasteiger partial charge on any atom is -0.354 e. The fourth-order valence-corrected chi connectivity index (χ4v) is 3.90. The lowest BCUT2D eigenvalue weighted by atomic mass is 9.92. The van der Waals surface area contributed by atoms with Crippen LogP contribution in [0.1, 0.15) is 18.1 Å². The summed E-state index contributed by atoms with van der Waals surface area (Å²) >= 11 is 0. The third kappa shape index (κ3) is 4.91. The monoisotopic (exact) mass is 447 g/mol. The Kier molecular flexibility index (Phi) is 6.12. The predicted molar refractivity (Wildman–Crippen MR) is 110 cm³/mol. The van der Waals surface area contributed by atoms with Crippen LogP contribution in [0.3, 0.4) is 0 Å². The van der Waals surface area contributed by atoms with Gasteiger partial charge in [0.2, 0.25) is 5.91 Å². The number of carbonyl (C=O) groups is 3. The first-order chi connectivity index (χ1) is 14.5. The summed E-state index contributed by atoms with van der Waals surface area (Å²) in [4.78, 5) is 38.4. The first kappa shape index (κ1) is 22.4. The number of benzene rings is 2. The minimum atomic E-state index is -3.40. The van der Waals surface area contributed by atoms with Gasteiger partial charge < -0.3 is 10.6 Å². The molecule has 1 heterocycles. The number of nitrogens with zero attached hydrogens (tertiary/aromatic N) is 1. The highest BCUT2D eigenvalue weighted by atomic mass is 32.2. The van der Waals surface area contributed by atoms with E-state index < -0.39 is 39.8 Å². The number of amides is 4. The molecule has 10 heteroatoms. The van der Waals surface area contributed by atoms with Crippen molar-refractivity contribution in [2.75, 3.05) is 19.3 Å². The van der Waals surface area contributed by atoms with Crippen molar-refractivity contribution in [3.63, 3.8) is 0 Å². The van der Waals surface area contributed by atoms with Crippen LogP contribution in [-0.4, -0.2) is 50.5 Å². The van der Waals surface area contributed by atoms with E-state index in [9.17, 15) is 27.2 Å². The Morgan fingerprint density at radius 3 is 2.29 bits per heavy atom. The Morgan fingerprint density at radius 2 is 1.71 bits per heavy atom. The summed E-state index contributed by atoms with van der Waals surface area (Å²) in [5.74, 6) is -1.47. The first-order valence-electron chi connectivity index (χ1n) is 9.46. The van der Waals surface area contributed by atoms with Gasteiger partial charge in [0.25, 0.3) is 5.91 Å². The first-order valence-corrected chi connectivity index (χ1v) is 11.4. The Labute approximate surface area is 179 Å². The molecule has 0 saturated carbocycles. The summed E-state index contributed by atoms with van der Waals surface area (Å²) in [6, 6.07) is 10.8. The van der Waals surface area contributed by atoms with Gasteiger partial charge in [-0.15, -0.1) is 0 Å². The van der Waals surface area contributed by atoms with Crippen molar-refractivity contribution >= 4 is 27.7 Å². The topological polar surface area (TPSA) is 113 Å². The van der Waals surface area contributed by atoms with E-state index in [1.807, 2.05) is 0 Å². The van der Waals surface area contributed by atoms with E-state index in [1.54, 1.807) is 12.1 Å². The Balaban J connectivity index is 1.62. The van der Waals surface area contributed by atoms with Crippen molar-refractivity contribution in [2.24, 2.45) is 0 Å². The van der Waals surface area contributed by atoms with Crippen LogP contribution in [-0.2, 0) is 31.4 Å². The molecule has 1 fully saturated rings. The third-order valence-corrected chi connectivity index (χ3v) is 6.21. The quantitative estimate of drug-likeness (QED) is 0.623. The summed E-state index contributed by atoms with van der Waals surface area (Å²) in [6.45, 7) is 1.30. The molecular formula is C21H22FN3O5S. The number of rotatable bonds is 7. The SMILES string of the molecule is CC1(c2ccc(S(C)(=O)=O)cc2)NC(=O)N(CC(=O)NCCc2ccc(F)cc2)C1=O. The lowest BCUT2D eigenvalue weighted by Gasteiger charge is -2.22. The van der Waals surface area contributed by atoms with E-state index in [-0.39, 0.29) is 17.3 Å². The van der Waals surface area contributed by atoms with Crippen molar-refractivity contribution in [2.45, 2.75) is 23.8 Å². The van der Waals surface area contributed by atoms with E-state index in [2.05, 4.69) is 10.6 Å². The second kappa shape index (κ2) is 8.46. The van der Waals surface area contributed by atoms with Gasteiger partial charge in [-0.3, -0.25) is 14.5 Å². The summed E-state index contributed by atoms with van der Waals surface area (Å²) in [6.07, 6.45) is 1.54. The van der Waals surface area contributed by atoms with Crippen LogP contribution in [0.15, 0.2) is 53.4 Å². The zero-order valence-electron chi connectivity index (χ0n) is 17.0. The molecule has 1 saturated heterocycles. The molecule has 31 heavy (non-hydrogen) atoms. The van der Waals surface area contributed by atoms with Gasteiger partial charge in [-0.05, 0) is 48.7 Å². The van der Waals surface area contributed by atoms with Gasteiger partial charge >= 0.3 is 6.03 Å². The zero-order chi connectivity index (χ0) is 22.8. The molecule has 0 aromatic heterocycles. The van der Waals surface area contributed by atoms with Crippen molar-refractivity contribution in [3.05, 3.63) is 65.5 Å². The molecular weight excluding hydrogens is 425 g/mol. The lowest BCUT2D eigenvalue weighted by Crippen LogP contribution is -2.43. The van der Waals surface area contributed by atoms with Crippen LogP contribution in [0, 0.1) is 5.82 Å². The molecule has 0 spiro atoms.